The molecule has 0 radical (unpaired) electrons. The second kappa shape index (κ2) is 12.3. The fraction of sp³-hybridized carbons (Fsp3) is 0.320. The predicted molar refractivity (Wildman–Crippen MR) is 131 cm³/mol. The van der Waals surface area contributed by atoms with Crippen molar-refractivity contribution in [3.63, 3.8) is 0 Å². The third-order valence-corrected chi connectivity index (χ3v) is 5.98. The second-order valence-corrected chi connectivity index (χ2v) is 9.74. The number of carbonyl (C=O) groups is 1. The minimum atomic E-state index is -3.63. The summed E-state index contributed by atoms with van der Waals surface area (Å²) in [4.78, 5) is 11.2. The Hall–Kier alpha value is -2.75. The Kier molecular flexibility index (Phi) is 9.83. The van der Waals surface area contributed by atoms with Gasteiger partial charge in [-0.3, -0.25) is 9.52 Å². The van der Waals surface area contributed by atoms with Crippen molar-refractivity contribution in [2.45, 2.75) is 39.0 Å². The number of halogens is 1. The summed E-state index contributed by atoms with van der Waals surface area (Å²) >= 11 is 6.06. The maximum absolute atomic E-state index is 12.6. The summed E-state index contributed by atoms with van der Waals surface area (Å²) < 4.78 is 32.4. The minimum absolute atomic E-state index is 0.173. The molecule has 170 valence electrons. The van der Waals surface area contributed by atoms with Crippen molar-refractivity contribution in [2.75, 3.05) is 17.6 Å². The topological polar surface area (TPSA) is 72.5 Å². The summed E-state index contributed by atoms with van der Waals surface area (Å²) in [6.07, 6.45) is 4.74. The molecule has 0 aliphatic rings. The highest BCUT2D eigenvalue weighted by molar-refractivity contribution is 7.92. The highest BCUT2D eigenvalue weighted by Gasteiger charge is 2.11. The lowest BCUT2D eigenvalue weighted by Gasteiger charge is -2.09. The normalized spacial score (nSPS) is 11.3. The Labute approximate surface area is 195 Å². The lowest BCUT2D eigenvalue weighted by molar-refractivity contribution is -0.140. The standard InChI is InChI=1S/C25H28ClNO4S/c1-19(2)21-12-7-9-20(17-21)10-8-16-32(29,30)27-24-15-14-23(26)18-22(24)11-5-4-6-13-25(28)31-3/h7-10,12,14-15,17-19,27H,4,6,13,16H2,1-3H3. The van der Waals surface area contributed by atoms with Crippen molar-refractivity contribution in [1.29, 1.82) is 0 Å². The quantitative estimate of drug-likeness (QED) is 0.291. The number of unbranched alkanes of at least 4 members (excludes halogenated alkanes) is 1. The number of hydrogen-bond acceptors (Lipinski definition) is 4. The maximum Gasteiger partial charge on any atom is 0.305 e. The van der Waals surface area contributed by atoms with Crippen LogP contribution in [0.15, 0.2) is 48.5 Å². The van der Waals surface area contributed by atoms with Gasteiger partial charge in [0.2, 0.25) is 10.0 Å². The first kappa shape index (κ1) is 25.5. The van der Waals surface area contributed by atoms with Crippen molar-refractivity contribution in [3.05, 3.63) is 70.3 Å². The summed E-state index contributed by atoms with van der Waals surface area (Å²) in [5, 5.41) is 0.455. The molecule has 0 aliphatic heterocycles. The highest BCUT2D eigenvalue weighted by Crippen LogP contribution is 2.21. The van der Waals surface area contributed by atoms with E-state index in [1.165, 1.54) is 12.7 Å². The van der Waals surface area contributed by atoms with Crippen LogP contribution in [0.5, 0.6) is 0 Å². The van der Waals surface area contributed by atoms with Gasteiger partial charge in [-0.25, -0.2) is 8.42 Å². The molecule has 0 spiro atoms. The van der Waals surface area contributed by atoms with Gasteiger partial charge in [0, 0.05) is 17.9 Å². The number of nitrogens with one attached hydrogen (secondary N) is 1. The minimum Gasteiger partial charge on any atom is -0.469 e. The molecule has 2 rings (SSSR count). The number of sulfonamides is 1. The van der Waals surface area contributed by atoms with Crippen LogP contribution in [-0.2, 0) is 19.6 Å². The van der Waals surface area contributed by atoms with Gasteiger partial charge in [-0.15, -0.1) is 0 Å². The first-order chi connectivity index (χ1) is 15.2. The molecule has 2 aromatic rings. The Bertz CT molecular complexity index is 1130. The van der Waals surface area contributed by atoms with Crippen LogP contribution >= 0.6 is 11.6 Å². The van der Waals surface area contributed by atoms with Crippen molar-refractivity contribution in [1.82, 2.24) is 0 Å². The van der Waals surface area contributed by atoms with Crippen LogP contribution in [0.25, 0.3) is 6.08 Å². The van der Waals surface area contributed by atoms with Gasteiger partial charge in [0.25, 0.3) is 0 Å². The van der Waals surface area contributed by atoms with Crippen molar-refractivity contribution in [2.24, 2.45) is 0 Å². The summed E-state index contributed by atoms with van der Waals surface area (Å²) in [6.45, 7) is 4.23. The highest BCUT2D eigenvalue weighted by atomic mass is 35.5. The number of anilines is 1. The summed E-state index contributed by atoms with van der Waals surface area (Å²) in [5.41, 5.74) is 3.00. The van der Waals surface area contributed by atoms with E-state index in [2.05, 4.69) is 41.2 Å². The van der Waals surface area contributed by atoms with E-state index in [0.717, 1.165) is 5.56 Å². The Morgan fingerprint density at radius 2 is 2.00 bits per heavy atom. The number of carbonyl (C=O) groups excluding carboxylic acids is 1. The number of benzene rings is 2. The third-order valence-electron chi connectivity index (χ3n) is 4.58. The first-order valence-corrected chi connectivity index (χ1v) is 12.4. The summed E-state index contributed by atoms with van der Waals surface area (Å²) in [7, 11) is -2.28. The van der Waals surface area contributed by atoms with Gasteiger partial charge in [-0.2, -0.15) is 0 Å². The molecule has 0 aliphatic carbocycles. The van der Waals surface area contributed by atoms with Crippen LogP contribution in [-0.4, -0.2) is 27.2 Å². The fourth-order valence-corrected chi connectivity index (χ4v) is 3.95. The van der Waals surface area contributed by atoms with Gasteiger partial charge < -0.3 is 4.74 Å². The fourth-order valence-electron chi connectivity index (χ4n) is 2.83. The van der Waals surface area contributed by atoms with Crippen molar-refractivity contribution in [3.8, 4) is 11.8 Å². The van der Waals surface area contributed by atoms with Gasteiger partial charge in [0.05, 0.1) is 24.1 Å². The Balaban J connectivity index is 2.06. The SMILES string of the molecule is COC(=O)CCCC#Cc1cc(Cl)ccc1NS(=O)(=O)CC=Cc1cccc(C(C)C)c1. The molecule has 0 amide bonds. The molecule has 7 heteroatoms. The van der Waals surface area contributed by atoms with Crippen LogP contribution in [0.4, 0.5) is 5.69 Å². The van der Waals surface area contributed by atoms with Crippen LogP contribution in [0.2, 0.25) is 5.02 Å². The molecule has 5 nitrogen and oxygen atoms in total. The van der Waals surface area contributed by atoms with Crippen LogP contribution in [0.3, 0.4) is 0 Å². The van der Waals surface area contributed by atoms with Crippen molar-refractivity contribution < 1.29 is 17.9 Å². The zero-order valence-corrected chi connectivity index (χ0v) is 20.1. The van der Waals surface area contributed by atoms with Crippen LogP contribution < -0.4 is 4.72 Å². The van der Waals surface area contributed by atoms with Gasteiger partial charge in [-0.05, 0) is 41.7 Å². The summed E-state index contributed by atoms with van der Waals surface area (Å²) in [6, 6.07) is 12.8. The molecule has 0 saturated carbocycles. The average molecular weight is 474 g/mol. The predicted octanol–water partition coefficient (Wildman–Crippen LogP) is 5.61. The van der Waals surface area contributed by atoms with Gasteiger partial charge in [0.1, 0.15) is 0 Å². The monoisotopic (exact) mass is 473 g/mol. The number of ether oxygens (including phenoxy) is 1. The molecular weight excluding hydrogens is 446 g/mol. The van der Waals surface area contributed by atoms with Crippen LogP contribution in [0, 0.1) is 11.8 Å². The molecule has 0 fully saturated rings. The molecule has 0 atom stereocenters. The number of esters is 1. The molecule has 0 heterocycles. The van der Waals surface area contributed by atoms with Crippen molar-refractivity contribution >= 4 is 39.4 Å². The lowest BCUT2D eigenvalue weighted by Crippen LogP contribution is -2.16. The molecule has 2 aromatic carbocycles. The van der Waals surface area contributed by atoms with Gasteiger partial charge in [-0.1, -0.05) is 73.7 Å². The first-order valence-electron chi connectivity index (χ1n) is 10.3. The molecule has 1 N–H and O–H groups in total. The molecular formula is C25H28ClNO4S. The zero-order valence-electron chi connectivity index (χ0n) is 18.5. The molecule has 0 bridgehead atoms. The smallest absolute Gasteiger partial charge is 0.305 e. The van der Waals surface area contributed by atoms with E-state index < -0.39 is 10.0 Å². The lowest BCUT2D eigenvalue weighted by atomic mass is 10.0. The van der Waals surface area contributed by atoms with Crippen LogP contribution in [0.1, 0.15) is 55.7 Å². The molecule has 0 saturated heterocycles. The van der Waals surface area contributed by atoms with E-state index in [1.54, 1.807) is 30.4 Å². The van der Waals surface area contributed by atoms with E-state index in [0.29, 0.717) is 35.0 Å². The van der Waals surface area contributed by atoms with E-state index in [4.69, 9.17) is 11.6 Å². The third kappa shape index (κ3) is 8.78. The van der Waals surface area contributed by atoms with E-state index in [1.807, 2.05) is 18.2 Å². The van der Waals surface area contributed by atoms with E-state index in [-0.39, 0.29) is 18.1 Å². The Morgan fingerprint density at radius 1 is 1.22 bits per heavy atom. The maximum atomic E-state index is 12.6. The van der Waals surface area contributed by atoms with E-state index >= 15 is 0 Å². The average Bonchev–Trinajstić information content (AvgIpc) is 2.75. The second-order valence-electron chi connectivity index (χ2n) is 7.53. The number of methoxy groups -OCH3 is 1. The number of rotatable bonds is 9. The molecule has 32 heavy (non-hydrogen) atoms. The molecule has 0 unspecified atom stereocenters. The zero-order chi connectivity index (χ0) is 23.6. The van der Waals surface area contributed by atoms with Gasteiger partial charge >= 0.3 is 5.97 Å². The number of hydrogen-bond donors (Lipinski definition) is 1. The summed E-state index contributed by atoms with van der Waals surface area (Å²) in [5.74, 6) is 5.83. The molecule has 0 aromatic heterocycles. The largest absolute Gasteiger partial charge is 0.469 e. The van der Waals surface area contributed by atoms with E-state index in [9.17, 15) is 13.2 Å². The van der Waals surface area contributed by atoms with Gasteiger partial charge in [0.15, 0.2) is 0 Å². The Morgan fingerprint density at radius 3 is 2.72 bits per heavy atom.